The first-order chi connectivity index (χ1) is 28.1. The van der Waals surface area contributed by atoms with Gasteiger partial charge in [-0.25, -0.2) is 4.79 Å². The SMILES string of the molecule is C=CCOC(=O)C(C#N)=C1C=C(/C=C/c2ccc(N(c3ccccc3)c3ccccc3)cc2)OC(/C=C/c2ccc(N(c3ccccc3)c3ccccc3)cc2)=C1. The monoisotopic (exact) mass is 741 g/mol. The molecule has 0 spiro atoms. The van der Waals surface area contributed by atoms with Crippen molar-refractivity contribution in [3.05, 3.63) is 241 Å². The number of benzene rings is 6. The summed E-state index contributed by atoms with van der Waals surface area (Å²) in [6, 6.07) is 59.4. The van der Waals surface area contributed by atoms with Crippen LogP contribution in [0, 0.1) is 11.3 Å². The van der Waals surface area contributed by atoms with Crippen LogP contribution in [0.5, 0.6) is 0 Å². The molecule has 0 unspecified atom stereocenters. The van der Waals surface area contributed by atoms with E-state index in [1.807, 2.05) is 127 Å². The van der Waals surface area contributed by atoms with Crippen molar-refractivity contribution in [3.8, 4) is 6.07 Å². The van der Waals surface area contributed by atoms with Crippen LogP contribution >= 0.6 is 0 Å². The second-order valence-corrected chi connectivity index (χ2v) is 12.9. The molecular formula is C51H39N3O3. The number of carbonyl (C=O) groups is 1. The molecule has 1 heterocycles. The highest BCUT2D eigenvalue weighted by atomic mass is 16.5. The van der Waals surface area contributed by atoms with Gasteiger partial charge in [0.15, 0.2) is 0 Å². The molecule has 276 valence electrons. The van der Waals surface area contributed by atoms with Gasteiger partial charge in [-0.15, -0.1) is 0 Å². The van der Waals surface area contributed by atoms with Gasteiger partial charge in [-0.1, -0.05) is 122 Å². The van der Waals surface area contributed by atoms with E-state index in [1.165, 1.54) is 6.08 Å². The van der Waals surface area contributed by atoms with Gasteiger partial charge in [0, 0.05) is 39.7 Å². The van der Waals surface area contributed by atoms with E-state index in [2.05, 4.69) is 89.2 Å². The maximum absolute atomic E-state index is 12.9. The fraction of sp³-hybridized carbons (Fsp3) is 0.0196. The van der Waals surface area contributed by atoms with Crippen LogP contribution in [-0.4, -0.2) is 12.6 Å². The second kappa shape index (κ2) is 18.4. The van der Waals surface area contributed by atoms with Gasteiger partial charge in [0.2, 0.25) is 0 Å². The van der Waals surface area contributed by atoms with E-state index in [9.17, 15) is 10.1 Å². The Kier molecular flexibility index (Phi) is 12.1. The summed E-state index contributed by atoms with van der Waals surface area (Å²) in [5, 5.41) is 10.0. The van der Waals surface area contributed by atoms with Crippen molar-refractivity contribution in [2.24, 2.45) is 0 Å². The Morgan fingerprint density at radius 2 is 0.895 bits per heavy atom. The molecule has 7 rings (SSSR count). The van der Waals surface area contributed by atoms with Gasteiger partial charge in [0.25, 0.3) is 0 Å². The van der Waals surface area contributed by atoms with Crippen LogP contribution in [0.1, 0.15) is 11.1 Å². The summed E-state index contributed by atoms with van der Waals surface area (Å²) in [4.78, 5) is 17.3. The molecule has 6 aromatic rings. The Hall–Kier alpha value is -7.88. The molecule has 0 radical (unpaired) electrons. The predicted molar refractivity (Wildman–Crippen MR) is 231 cm³/mol. The van der Waals surface area contributed by atoms with Crippen LogP contribution in [0.15, 0.2) is 229 Å². The Labute approximate surface area is 333 Å². The van der Waals surface area contributed by atoms with Crippen molar-refractivity contribution in [2.45, 2.75) is 0 Å². The maximum atomic E-state index is 12.9. The number of anilines is 6. The van der Waals surface area contributed by atoms with Crippen LogP contribution in [-0.2, 0) is 14.3 Å². The van der Waals surface area contributed by atoms with Gasteiger partial charge < -0.3 is 19.3 Å². The standard InChI is InChI=1S/C51H39N3O3/c1-2-35-56-51(55)50(38-52)41-36-48(33-27-39-23-29-46(30-24-39)53(42-15-7-3-8-16-42)43-17-9-4-10-18-43)57-49(37-41)34-28-40-25-31-47(32-26-40)54(44-19-11-5-12-20-44)45-21-13-6-14-22-45/h2-34,36-37H,1,35H2/b33-27+,34-28+. The normalized spacial score (nSPS) is 12.2. The number of hydrogen-bond donors (Lipinski definition) is 0. The average molecular weight is 742 g/mol. The summed E-state index contributed by atoms with van der Waals surface area (Å²) in [5.74, 6) is 0.169. The lowest BCUT2D eigenvalue weighted by atomic mass is 10.0. The third-order valence-electron chi connectivity index (χ3n) is 9.01. The molecule has 0 saturated carbocycles. The van der Waals surface area contributed by atoms with Crippen LogP contribution < -0.4 is 9.80 Å². The molecule has 0 aromatic heterocycles. The van der Waals surface area contributed by atoms with Crippen molar-refractivity contribution in [1.29, 1.82) is 5.26 Å². The number of esters is 1. The topological polar surface area (TPSA) is 65.8 Å². The van der Waals surface area contributed by atoms with Crippen molar-refractivity contribution >= 4 is 52.2 Å². The van der Waals surface area contributed by atoms with E-state index in [1.54, 1.807) is 12.2 Å². The predicted octanol–water partition coefficient (Wildman–Crippen LogP) is 12.7. The molecule has 6 nitrogen and oxygen atoms in total. The lowest BCUT2D eigenvalue weighted by Gasteiger charge is -2.25. The first-order valence-electron chi connectivity index (χ1n) is 18.5. The fourth-order valence-electron chi connectivity index (χ4n) is 6.32. The molecule has 0 amide bonds. The van der Waals surface area contributed by atoms with Crippen molar-refractivity contribution in [1.82, 2.24) is 0 Å². The zero-order valence-corrected chi connectivity index (χ0v) is 31.2. The van der Waals surface area contributed by atoms with Crippen LogP contribution in [0.25, 0.3) is 12.2 Å². The smallest absolute Gasteiger partial charge is 0.349 e. The van der Waals surface area contributed by atoms with Crippen LogP contribution in [0.4, 0.5) is 34.1 Å². The summed E-state index contributed by atoms with van der Waals surface area (Å²) in [6.45, 7) is 3.60. The van der Waals surface area contributed by atoms with Gasteiger partial charge in [-0.2, -0.15) is 5.26 Å². The highest BCUT2D eigenvalue weighted by Gasteiger charge is 2.19. The third kappa shape index (κ3) is 9.44. The summed E-state index contributed by atoms with van der Waals surface area (Å²) < 4.78 is 11.5. The number of nitrogens with zero attached hydrogens (tertiary/aromatic N) is 3. The van der Waals surface area contributed by atoms with Gasteiger partial charge in [0.1, 0.15) is 29.8 Å². The number of ether oxygens (including phenoxy) is 2. The first kappa shape index (κ1) is 37.4. The summed E-state index contributed by atoms with van der Waals surface area (Å²) in [7, 11) is 0. The molecule has 0 atom stereocenters. The minimum Gasteiger partial charge on any atom is -0.457 e. The van der Waals surface area contributed by atoms with Gasteiger partial charge in [0.05, 0.1) is 0 Å². The van der Waals surface area contributed by atoms with Crippen molar-refractivity contribution < 1.29 is 14.3 Å². The minimum absolute atomic E-state index is 0.00925. The van der Waals surface area contributed by atoms with Gasteiger partial charge in [-0.05, 0) is 108 Å². The van der Waals surface area contributed by atoms with E-state index in [0.717, 1.165) is 45.3 Å². The van der Waals surface area contributed by atoms with Crippen molar-refractivity contribution in [2.75, 3.05) is 16.4 Å². The molecule has 0 bridgehead atoms. The number of carbonyl (C=O) groups excluding carboxylic acids is 1. The fourth-order valence-corrected chi connectivity index (χ4v) is 6.32. The largest absolute Gasteiger partial charge is 0.457 e. The lowest BCUT2D eigenvalue weighted by Crippen LogP contribution is -2.10. The first-order valence-corrected chi connectivity index (χ1v) is 18.5. The third-order valence-corrected chi connectivity index (χ3v) is 9.01. The van der Waals surface area contributed by atoms with Crippen molar-refractivity contribution in [3.63, 3.8) is 0 Å². The molecule has 57 heavy (non-hydrogen) atoms. The Bertz CT molecular complexity index is 2260. The van der Waals surface area contributed by atoms with E-state index < -0.39 is 5.97 Å². The molecule has 1 aliphatic heterocycles. The van der Waals surface area contributed by atoms with E-state index >= 15 is 0 Å². The molecule has 6 aromatic carbocycles. The molecule has 0 saturated heterocycles. The highest BCUT2D eigenvalue weighted by molar-refractivity contribution is 5.95. The Morgan fingerprint density at radius 1 is 0.544 bits per heavy atom. The molecule has 6 heteroatoms. The number of para-hydroxylation sites is 4. The van der Waals surface area contributed by atoms with E-state index in [0.29, 0.717) is 17.1 Å². The lowest BCUT2D eigenvalue weighted by molar-refractivity contribution is -0.137. The minimum atomic E-state index is -0.734. The van der Waals surface area contributed by atoms with E-state index in [4.69, 9.17) is 9.47 Å². The van der Waals surface area contributed by atoms with E-state index in [-0.39, 0.29) is 12.2 Å². The molecule has 0 aliphatic carbocycles. The van der Waals surface area contributed by atoms with Gasteiger partial charge in [-0.3, -0.25) is 0 Å². The highest BCUT2D eigenvalue weighted by Crippen LogP contribution is 2.36. The number of rotatable bonds is 13. The Balaban J connectivity index is 1.14. The molecule has 0 N–H and O–H groups in total. The average Bonchev–Trinajstić information content (AvgIpc) is 3.27. The van der Waals surface area contributed by atoms with Gasteiger partial charge >= 0.3 is 5.97 Å². The van der Waals surface area contributed by atoms with Crippen LogP contribution in [0.3, 0.4) is 0 Å². The maximum Gasteiger partial charge on any atom is 0.349 e. The zero-order valence-electron chi connectivity index (χ0n) is 31.2. The molecule has 1 aliphatic rings. The summed E-state index contributed by atoms with van der Waals surface area (Å²) in [5.41, 5.74) is 8.35. The number of nitriles is 1. The Morgan fingerprint density at radius 3 is 1.23 bits per heavy atom. The van der Waals surface area contributed by atoms with Crippen LogP contribution in [0.2, 0.25) is 0 Å². The molecule has 0 fully saturated rings. The zero-order chi connectivity index (χ0) is 39.2. The summed E-state index contributed by atoms with van der Waals surface area (Å²) in [6.07, 6.45) is 12.3. The second-order valence-electron chi connectivity index (χ2n) is 12.9. The number of hydrogen-bond acceptors (Lipinski definition) is 6. The quantitative estimate of drug-likeness (QED) is 0.0508. The molecular weight excluding hydrogens is 703 g/mol. The summed E-state index contributed by atoms with van der Waals surface area (Å²) >= 11 is 0. The number of allylic oxidation sites excluding steroid dienone is 5.